The number of carbonyl (C=O) groups is 1. The molecular formula is C14H14BrN3O2. The first-order valence-electron chi connectivity index (χ1n) is 5.86. The van der Waals surface area contributed by atoms with Crippen molar-refractivity contribution in [3.63, 3.8) is 0 Å². The van der Waals surface area contributed by atoms with E-state index in [0.29, 0.717) is 22.8 Å². The smallest absolute Gasteiger partial charge is 0.262 e. The Morgan fingerprint density at radius 1 is 1.35 bits per heavy atom. The Labute approximate surface area is 125 Å². The zero-order chi connectivity index (χ0) is 14.7. The Hall–Kier alpha value is -2.08. The van der Waals surface area contributed by atoms with Crippen LogP contribution in [0.5, 0.6) is 5.75 Å². The largest absolute Gasteiger partial charge is 0.496 e. The second kappa shape index (κ2) is 5.92. The van der Waals surface area contributed by atoms with Gasteiger partial charge in [-0.15, -0.1) is 0 Å². The summed E-state index contributed by atoms with van der Waals surface area (Å²) in [6, 6.07) is 8.66. The molecule has 0 aliphatic rings. The highest BCUT2D eigenvalue weighted by atomic mass is 79.9. The third-order valence-electron chi connectivity index (χ3n) is 2.81. The number of nitrogens with two attached hydrogens (primary N) is 1. The zero-order valence-electron chi connectivity index (χ0n) is 11.1. The highest BCUT2D eigenvalue weighted by Crippen LogP contribution is 2.25. The predicted molar refractivity (Wildman–Crippen MR) is 82.1 cm³/mol. The normalized spacial score (nSPS) is 10.2. The molecule has 1 heterocycles. The molecule has 0 fully saturated rings. The van der Waals surface area contributed by atoms with Gasteiger partial charge in [-0.2, -0.15) is 0 Å². The van der Waals surface area contributed by atoms with Gasteiger partial charge in [0.25, 0.3) is 5.91 Å². The summed E-state index contributed by atoms with van der Waals surface area (Å²) in [6.45, 7) is 0. The highest BCUT2D eigenvalue weighted by molar-refractivity contribution is 9.10. The number of methoxy groups -OCH3 is 1. The Morgan fingerprint density at radius 3 is 2.70 bits per heavy atom. The SMILES string of the molecule is COc1ccc(Br)cc1C(=O)N(C)c1ccc(N)cn1. The van der Waals surface area contributed by atoms with E-state index in [1.54, 1.807) is 31.3 Å². The van der Waals surface area contributed by atoms with Crippen molar-refractivity contribution in [3.05, 3.63) is 46.6 Å². The van der Waals surface area contributed by atoms with Crippen LogP contribution >= 0.6 is 15.9 Å². The molecule has 1 aromatic carbocycles. The molecule has 20 heavy (non-hydrogen) atoms. The van der Waals surface area contributed by atoms with Gasteiger partial charge in [-0.05, 0) is 30.3 Å². The number of rotatable bonds is 3. The number of halogens is 1. The molecule has 0 bridgehead atoms. The van der Waals surface area contributed by atoms with Crippen LogP contribution in [0.3, 0.4) is 0 Å². The van der Waals surface area contributed by atoms with Gasteiger partial charge in [-0.1, -0.05) is 15.9 Å². The number of aromatic nitrogens is 1. The number of nitrogens with zero attached hydrogens (tertiary/aromatic N) is 2. The minimum absolute atomic E-state index is 0.208. The van der Waals surface area contributed by atoms with Crippen LogP contribution in [-0.2, 0) is 0 Å². The van der Waals surface area contributed by atoms with Gasteiger partial charge < -0.3 is 10.5 Å². The standard InChI is InChI=1S/C14H14BrN3O2/c1-18(13-6-4-10(16)8-17-13)14(19)11-7-9(15)3-5-12(11)20-2/h3-8H,16H2,1-2H3. The molecule has 0 aliphatic carbocycles. The maximum atomic E-state index is 12.5. The number of pyridine rings is 1. The van der Waals surface area contributed by atoms with Gasteiger partial charge in [-0.3, -0.25) is 9.69 Å². The van der Waals surface area contributed by atoms with E-state index < -0.39 is 0 Å². The third-order valence-corrected chi connectivity index (χ3v) is 3.30. The fourth-order valence-electron chi connectivity index (χ4n) is 1.73. The molecular weight excluding hydrogens is 322 g/mol. The lowest BCUT2D eigenvalue weighted by atomic mass is 10.1. The quantitative estimate of drug-likeness (QED) is 0.936. The van der Waals surface area contributed by atoms with Crippen LogP contribution in [0, 0.1) is 0 Å². The molecule has 2 aromatic rings. The monoisotopic (exact) mass is 335 g/mol. The van der Waals surface area contributed by atoms with Crippen LogP contribution in [0.4, 0.5) is 11.5 Å². The van der Waals surface area contributed by atoms with Crippen molar-refractivity contribution in [2.75, 3.05) is 24.8 Å². The highest BCUT2D eigenvalue weighted by Gasteiger charge is 2.19. The first-order valence-corrected chi connectivity index (χ1v) is 6.65. The summed E-state index contributed by atoms with van der Waals surface area (Å²) in [5.41, 5.74) is 6.60. The lowest BCUT2D eigenvalue weighted by molar-refractivity contribution is 0.0989. The van der Waals surface area contributed by atoms with Gasteiger partial charge in [0.1, 0.15) is 11.6 Å². The zero-order valence-corrected chi connectivity index (χ0v) is 12.7. The van der Waals surface area contributed by atoms with Crippen LogP contribution in [0.1, 0.15) is 10.4 Å². The van der Waals surface area contributed by atoms with E-state index >= 15 is 0 Å². The number of amides is 1. The molecule has 0 radical (unpaired) electrons. The van der Waals surface area contributed by atoms with E-state index in [9.17, 15) is 4.79 Å². The molecule has 0 saturated heterocycles. The van der Waals surface area contributed by atoms with Crippen molar-refractivity contribution in [1.82, 2.24) is 4.98 Å². The molecule has 104 valence electrons. The average molecular weight is 336 g/mol. The Morgan fingerprint density at radius 2 is 2.10 bits per heavy atom. The predicted octanol–water partition coefficient (Wildman–Crippen LogP) is 2.71. The van der Waals surface area contributed by atoms with E-state index in [1.165, 1.54) is 18.2 Å². The van der Waals surface area contributed by atoms with Crippen molar-refractivity contribution in [2.24, 2.45) is 0 Å². The van der Waals surface area contributed by atoms with E-state index in [-0.39, 0.29) is 5.91 Å². The van der Waals surface area contributed by atoms with Crippen LogP contribution in [-0.4, -0.2) is 25.0 Å². The fourth-order valence-corrected chi connectivity index (χ4v) is 2.09. The molecule has 1 aromatic heterocycles. The lowest BCUT2D eigenvalue weighted by Crippen LogP contribution is -2.27. The average Bonchev–Trinajstić information content (AvgIpc) is 2.46. The summed E-state index contributed by atoms with van der Waals surface area (Å²) in [7, 11) is 3.18. The maximum Gasteiger partial charge on any atom is 0.262 e. The number of hydrogen-bond acceptors (Lipinski definition) is 4. The number of hydrogen-bond donors (Lipinski definition) is 1. The maximum absolute atomic E-state index is 12.5. The summed E-state index contributed by atoms with van der Waals surface area (Å²) in [5.74, 6) is 0.826. The summed E-state index contributed by atoms with van der Waals surface area (Å²) < 4.78 is 6.02. The van der Waals surface area contributed by atoms with E-state index in [0.717, 1.165) is 4.47 Å². The minimum atomic E-state index is -0.208. The van der Waals surface area contributed by atoms with Crippen molar-refractivity contribution >= 4 is 33.3 Å². The van der Waals surface area contributed by atoms with Crippen LogP contribution < -0.4 is 15.4 Å². The molecule has 1 amide bonds. The summed E-state index contributed by atoms with van der Waals surface area (Å²) in [5, 5.41) is 0. The van der Waals surface area contributed by atoms with Crippen molar-refractivity contribution in [2.45, 2.75) is 0 Å². The van der Waals surface area contributed by atoms with Crippen LogP contribution in [0.15, 0.2) is 41.0 Å². The van der Waals surface area contributed by atoms with Gasteiger partial charge in [0.05, 0.1) is 24.6 Å². The van der Waals surface area contributed by atoms with Crippen molar-refractivity contribution in [1.29, 1.82) is 0 Å². The first-order chi connectivity index (χ1) is 9.52. The number of nitrogen functional groups attached to an aromatic ring is 1. The first kappa shape index (κ1) is 14.3. The van der Waals surface area contributed by atoms with E-state index in [2.05, 4.69) is 20.9 Å². The number of anilines is 2. The summed E-state index contributed by atoms with van der Waals surface area (Å²) in [4.78, 5) is 18.1. The fraction of sp³-hybridized carbons (Fsp3) is 0.143. The summed E-state index contributed by atoms with van der Waals surface area (Å²) in [6.07, 6.45) is 1.51. The van der Waals surface area contributed by atoms with E-state index in [1.807, 2.05) is 6.07 Å². The minimum Gasteiger partial charge on any atom is -0.496 e. The Kier molecular flexibility index (Phi) is 4.24. The molecule has 0 atom stereocenters. The van der Waals surface area contributed by atoms with Gasteiger partial charge >= 0.3 is 0 Å². The van der Waals surface area contributed by atoms with Gasteiger partial charge in [0.2, 0.25) is 0 Å². The van der Waals surface area contributed by atoms with Crippen LogP contribution in [0.2, 0.25) is 0 Å². The number of ether oxygens (including phenoxy) is 1. The van der Waals surface area contributed by atoms with Gasteiger partial charge in [0, 0.05) is 11.5 Å². The Bertz CT molecular complexity index is 629. The lowest BCUT2D eigenvalue weighted by Gasteiger charge is -2.18. The third kappa shape index (κ3) is 2.91. The van der Waals surface area contributed by atoms with E-state index in [4.69, 9.17) is 10.5 Å². The molecule has 5 nitrogen and oxygen atoms in total. The van der Waals surface area contributed by atoms with Crippen LogP contribution in [0.25, 0.3) is 0 Å². The second-order valence-corrected chi connectivity index (χ2v) is 5.07. The van der Waals surface area contributed by atoms with Gasteiger partial charge in [-0.25, -0.2) is 4.98 Å². The summed E-state index contributed by atoms with van der Waals surface area (Å²) >= 11 is 3.35. The topological polar surface area (TPSA) is 68.5 Å². The van der Waals surface area contributed by atoms with Crippen molar-refractivity contribution in [3.8, 4) is 5.75 Å². The molecule has 2 N–H and O–H groups in total. The second-order valence-electron chi connectivity index (χ2n) is 4.16. The molecule has 0 aliphatic heterocycles. The Balaban J connectivity index is 2.35. The molecule has 2 rings (SSSR count). The number of benzene rings is 1. The van der Waals surface area contributed by atoms with Gasteiger partial charge in [0.15, 0.2) is 0 Å². The van der Waals surface area contributed by atoms with Crippen molar-refractivity contribution < 1.29 is 9.53 Å². The molecule has 0 saturated carbocycles. The number of carbonyl (C=O) groups excluding carboxylic acids is 1. The molecule has 6 heteroatoms. The molecule has 0 spiro atoms. The molecule has 0 unspecified atom stereocenters.